The van der Waals surface area contributed by atoms with E-state index >= 15 is 0 Å². The fourth-order valence-electron chi connectivity index (χ4n) is 5.08. The second-order valence-electron chi connectivity index (χ2n) is 8.60. The lowest BCUT2D eigenvalue weighted by Gasteiger charge is -2.34. The Hall–Kier alpha value is -2.24. The molecule has 0 aromatic carbocycles. The van der Waals surface area contributed by atoms with E-state index in [4.69, 9.17) is 5.10 Å². The molecule has 3 heterocycles. The van der Waals surface area contributed by atoms with Crippen LogP contribution in [-0.4, -0.2) is 32.8 Å². The molecular formula is C22H29N5O. The van der Waals surface area contributed by atoms with Crippen molar-refractivity contribution >= 4 is 5.82 Å². The molecule has 1 fully saturated rings. The number of hydrogen-bond donors (Lipinski definition) is 0. The lowest BCUT2D eigenvalue weighted by atomic mass is 9.93. The van der Waals surface area contributed by atoms with Crippen LogP contribution in [0.2, 0.25) is 0 Å². The van der Waals surface area contributed by atoms with Gasteiger partial charge in [-0.1, -0.05) is 0 Å². The number of anilines is 1. The zero-order valence-corrected chi connectivity index (χ0v) is 16.6. The van der Waals surface area contributed by atoms with Gasteiger partial charge in [0.1, 0.15) is 12.1 Å². The Morgan fingerprint density at radius 3 is 2.54 bits per heavy atom. The van der Waals surface area contributed by atoms with Crippen LogP contribution in [0.1, 0.15) is 61.0 Å². The maximum Gasteiger partial charge on any atom is 0.267 e. The number of nitrogens with zero attached hydrogens (tertiary/aromatic N) is 5. The maximum absolute atomic E-state index is 12.5. The third kappa shape index (κ3) is 3.45. The second kappa shape index (κ2) is 7.64. The molecule has 6 heteroatoms. The van der Waals surface area contributed by atoms with Gasteiger partial charge in [0.2, 0.25) is 0 Å². The van der Waals surface area contributed by atoms with E-state index in [-0.39, 0.29) is 5.56 Å². The van der Waals surface area contributed by atoms with Gasteiger partial charge in [-0.25, -0.2) is 14.6 Å². The first-order valence-electron chi connectivity index (χ1n) is 11.0. The zero-order valence-electron chi connectivity index (χ0n) is 16.6. The predicted molar refractivity (Wildman–Crippen MR) is 109 cm³/mol. The summed E-state index contributed by atoms with van der Waals surface area (Å²) in [7, 11) is 0. The van der Waals surface area contributed by atoms with E-state index in [1.54, 1.807) is 11.0 Å². The molecule has 148 valence electrons. The zero-order chi connectivity index (χ0) is 18.9. The first-order chi connectivity index (χ1) is 13.8. The van der Waals surface area contributed by atoms with Crippen LogP contribution in [-0.2, 0) is 32.2 Å². The summed E-state index contributed by atoms with van der Waals surface area (Å²) in [5, 5.41) is 4.71. The van der Waals surface area contributed by atoms with Crippen LogP contribution in [0.3, 0.4) is 0 Å². The standard InChI is InChI=1S/C22H29N5O/c28-21-13-17-5-1-3-7-19(17)25-27(21)14-16-9-11-26(12-10-16)22-18-6-2-4-8-20(18)23-15-24-22/h13,15-16H,1-12,14H2. The Morgan fingerprint density at radius 2 is 1.68 bits per heavy atom. The molecule has 1 saturated heterocycles. The molecular weight excluding hydrogens is 350 g/mol. The highest BCUT2D eigenvalue weighted by atomic mass is 16.1. The van der Waals surface area contributed by atoms with E-state index in [1.807, 2.05) is 6.07 Å². The summed E-state index contributed by atoms with van der Waals surface area (Å²) in [6, 6.07) is 1.84. The molecule has 2 aromatic rings. The monoisotopic (exact) mass is 379 g/mol. The third-order valence-electron chi connectivity index (χ3n) is 6.72. The van der Waals surface area contributed by atoms with Crippen LogP contribution in [0.4, 0.5) is 5.82 Å². The van der Waals surface area contributed by atoms with Crippen LogP contribution >= 0.6 is 0 Å². The van der Waals surface area contributed by atoms with Crippen molar-refractivity contribution in [3.63, 3.8) is 0 Å². The summed E-state index contributed by atoms with van der Waals surface area (Å²) in [4.78, 5) is 24.1. The van der Waals surface area contributed by atoms with Crippen molar-refractivity contribution in [3.8, 4) is 0 Å². The van der Waals surface area contributed by atoms with Gasteiger partial charge in [0.25, 0.3) is 5.56 Å². The van der Waals surface area contributed by atoms with Crippen molar-refractivity contribution in [1.82, 2.24) is 19.7 Å². The molecule has 0 atom stereocenters. The summed E-state index contributed by atoms with van der Waals surface area (Å²) in [6.45, 7) is 2.77. The highest BCUT2D eigenvalue weighted by molar-refractivity contribution is 5.49. The number of aromatic nitrogens is 4. The number of rotatable bonds is 3. The van der Waals surface area contributed by atoms with E-state index in [2.05, 4.69) is 14.9 Å². The van der Waals surface area contributed by atoms with Crippen molar-refractivity contribution in [2.24, 2.45) is 5.92 Å². The van der Waals surface area contributed by atoms with Gasteiger partial charge in [-0.2, -0.15) is 5.10 Å². The fraction of sp³-hybridized carbons (Fsp3) is 0.636. The molecule has 2 aliphatic carbocycles. The molecule has 0 spiro atoms. The summed E-state index contributed by atoms with van der Waals surface area (Å²) in [6.07, 6.45) is 13.0. The summed E-state index contributed by atoms with van der Waals surface area (Å²) in [5.74, 6) is 1.67. The Balaban J connectivity index is 1.27. The molecule has 0 saturated carbocycles. The largest absolute Gasteiger partial charge is 0.356 e. The second-order valence-corrected chi connectivity index (χ2v) is 8.60. The fourth-order valence-corrected chi connectivity index (χ4v) is 5.08. The first kappa shape index (κ1) is 17.8. The van der Waals surface area contributed by atoms with E-state index < -0.39 is 0 Å². The van der Waals surface area contributed by atoms with E-state index in [9.17, 15) is 4.79 Å². The lowest BCUT2D eigenvalue weighted by Crippen LogP contribution is -2.38. The number of fused-ring (bicyclic) bond motifs is 2. The van der Waals surface area contributed by atoms with Gasteiger partial charge < -0.3 is 4.90 Å². The van der Waals surface area contributed by atoms with Crippen molar-refractivity contribution < 1.29 is 0 Å². The van der Waals surface area contributed by atoms with Crippen molar-refractivity contribution in [1.29, 1.82) is 0 Å². The molecule has 5 rings (SSSR count). The SMILES string of the molecule is O=c1cc2c(nn1CC1CCN(c3ncnc4c3CCCC4)CC1)CCCC2. The Bertz CT molecular complexity index is 914. The minimum absolute atomic E-state index is 0.0768. The molecule has 0 bridgehead atoms. The predicted octanol–water partition coefficient (Wildman–Crippen LogP) is 2.71. The normalized spacial score (nSPS) is 19.9. The van der Waals surface area contributed by atoms with Crippen molar-refractivity contribution in [3.05, 3.63) is 45.3 Å². The van der Waals surface area contributed by atoms with Gasteiger partial charge in [0.15, 0.2) is 0 Å². The summed E-state index contributed by atoms with van der Waals surface area (Å²) in [5.41, 5.74) is 5.03. The van der Waals surface area contributed by atoms with Gasteiger partial charge in [0, 0.05) is 37.0 Å². The topological polar surface area (TPSA) is 63.9 Å². The molecule has 0 radical (unpaired) electrons. The molecule has 0 N–H and O–H groups in total. The van der Waals surface area contributed by atoms with Crippen LogP contribution in [0.25, 0.3) is 0 Å². The van der Waals surface area contributed by atoms with Crippen molar-refractivity contribution in [2.75, 3.05) is 18.0 Å². The quantitative estimate of drug-likeness (QED) is 0.820. The van der Waals surface area contributed by atoms with Crippen LogP contribution in [0.5, 0.6) is 0 Å². The molecule has 3 aliphatic rings. The van der Waals surface area contributed by atoms with Crippen LogP contribution < -0.4 is 10.5 Å². The maximum atomic E-state index is 12.5. The summed E-state index contributed by atoms with van der Waals surface area (Å²) >= 11 is 0. The van der Waals surface area contributed by atoms with Crippen LogP contribution in [0, 0.1) is 5.92 Å². The molecule has 2 aromatic heterocycles. The van der Waals surface area contributed by atoms with Gasteiger partial charge >= 0.3 is 0 Å². The minimum Gasteiger partial charge on any atom is -0.356 e. The van der Waals surface area contributed by atoms with Crippen molar-refractivity contribution in [2.45, 2.75) is 70.8 Å². The third-order valence-corrected chi connectivity index (χ3v) is 6.72. The smallest absolute Gasteiger partial charge is 0.267 e. The molecule has 0 unspecified atom stereocenters. The van der Waals surface area contributed by atoms with E-state index in [0.29, 0.717) is 5.92 Å². The van der Waals surface area contributed by atoms with Crippen LogP contribution in [0.15, 0.2) is 17.2 Å². The molecule has 6 nitrogen and oxygen atoms in total. The molecule has 0 amide bonds. The Kier molecular flexibility index (Phi) is 4.87. The highest BCUT2D eigenvalue weighted by Crippen LogP contribution is 2.30. The lowest BCUT2D eigenvalue weighted by molar-refractivity contribution is 0.331. The number of aryl methyl sites for hydroxylation is 3. The van der Waals surface area contributed by atoms with Gasteiger partial charge in [-0.3, -0.25) is 4.79 Å². The Labute approximate surface area is 166 Å². The van der Waals surface area contributed by atoms with Gasteiger partial charge in [-0.05, 0) is 75.7 Å². The van der Waals surface area contributed by atoms with E-state index in [0.717, 1.165) is 69.7 Å². The minimum atomic E-state index is 0.0768. The summed E-state index contributed by atoms with van der Waals surface area (Å²) < 4.78 is 1.73. The molecule has 1 aliphatic heterocycles. The average molecular weight is 380 g/mol. The highest BCUT2D eigenvalue weighted by Gasteiger charge is 2.25. The molecule has 28 heavy (non-hydrogen) atoms. The number of hydrogen-bond acceptors (Lipinski definition) is 5. The van der Waals surface area contributed by atoms with Gasteiger partial charge in [-0.15, -0.1) is 0 Å². The van der Waals surface area contributed by atoms with E-state index in [1.165, 1.54) is 42.5 Å². The first-order valence-corrected chi connectivity index (χ1v) is 11.0. The Morgan fingerprint density at radius 1 is 0.929 bits per heavy atom. The average Bonchev–Trinajstić information content (AvgIpc) is 2.74. The number of piperidine rings is 1. The van der Waals surface area contributed by atoms with Gasteiger partial charge in [0.05, 0.1) is 5.69 Å².